The fraction of sp³-hybridized carbons (Fsp3) is 0.440. The summed E-state index contributed by atoms with van der Waals surface area (Å²) in [5, 5.41) is 4.71. The van der Waals surface area contributed by atoms with E-state index in [0.717, 1.165) is 6.07 Å². The van der Waals surface area contributed by atoms with E-state index < -0.39 is 37.7 Å². The molecule has 0 aromatic heterocycles. The van der Waals surface area contributed by atoms with Crippen LogP contribution in [0.5, 0.6) is 0 Å². The van der Waals surface area contributed by atoms with E-state index in [-0.39, 0.29) is 25.6 Å². The molecule has 2 aromatic carbocycles. The second-order valence-corrected chi connectivity index (χ2v) is 18.1. The number of benzene rings is 2. The molecule has 0 saturated carbocycles. The molecule has 0 unspecified atom stereocenters. The zero-order valence-corrected chi connectivity index (χ0v) is 25.5. The molecule has 4 nitrogen and oxygen atoms in total. The van der Waals surface area contributed by atoms with Crippen LogP contribution < -0.4 is 21.0 Å². The third-order valence-electron chi connectivity index (χ3n) is 6.02. The van der Waals surface area contributed by atoms with Crippen molar-refractivity contribution >= 4 is 76.4 Å². The van der Waals surface area contributed by atoms with Crippen LogP contribution in [0.2, 0.25) is 25.2 Å². The average Bonchev–Trinajstić information content (AvgIpc) is 2.76. The maximum atomic E-state index is 14.2. The largest absolute Gasteiger partial charge is 0.421 e. The molecule has 2 aromatic rings. The Bertz CT molecular complexity index is 1170. The van der Waals surface area contributed by atoms with Gasteiger partial charge >= 0.3 is 17.8 Å². The lowest BCUT2D eigenvalue weighted by Gasteiger charge is -2.34. The molecule has 214 valence electrons. The maximum absolute atomic E-state index is 14.2. The van der Waals surface area contributed by atoms with Crippen LogP contribution in [-0.2, 0) is 9.59 Å². The van der Waals surface area contributed by atoms with Gasteiger partial charge in [-0.3, -0.25) is 9.59 Å². The second-order valence-electron chi connectivity index (χ2n) is 10.3. The van der Waals surface area contributed by atoms with E-state index in [1.807, 2.05) is 26.9 Å². The lowest BCUT2D eigenvalue weighted by atomic mass is 9.83. The minimum Gasteiger partial charge on any atom is -0.325 e. The highest BCUT2D eigenvalue weighted by molar-refractivity contribution is 7.81. The summed E-state index contributed by atoms with van der Waals surface area (Å²) in [6.45, 7) is 7.62. The highest BCUT2D eigenvalue weighted by Crippen LogP contribution is 2.51. The molecule has 0 heterocycles. The van der Waals surface area contributed by atoms with Gasteiger partial charge in [0.05, 0.1) is 17.6 Å². The minimum absolute atomic E-state index is 0.131. The standard InChI is InChI=1S/C25H30F6N2O2S2Si2/c1-22(2,37)15-38-18-9-5-7-16(13-18)32-20(34)23(24(26,27)28,25(29,30)31)21(35)33-17-8-6-10-19(14-17)39(3,4)12-11-36/h5-10,13-14,36-37H,11-12,15H2,1-4H3,(H,32,34)(H,33,35). The summed E-state index contributed by atoms with van der Waals surface area (Å²) in [4.78, 5) is 25.8. The number of hydrogen-bond acceptors (Lipinski definition) is 4. The first-order valence-electron chi connectivity index (χ1n) is 11.8. The summed E-state index contributed by atoms with van der Waals surface area (Å²) in [7, 11) is -2.00. The topological polar surface area (TPSA) is 58.2 Å². The number of rotatable bonds is 10. The van der Waals surface area contributed by atoms with Gasteiger partial charge in [-0.15, -0.1) is 0 Å². The van der Waals surface area contributed by atoms with Crippen molar-refractivity contribution in [2.24, 2.45) is 5.41 Å². The van der Waals surface area contributed by atoms with Crippen LogP contribution in [0.4, 0.5) is 37.7 Å². The van der Waals surface area contributed by atoms with Crippen molar-refractivity contribution in [1.82, 2.24) is 0 Å². The van der Waals surface area contributed by atoms with Gasteiger partial charge in [-0.25, -0.2) is 0 Å². The minimum atomic E-state index is -6.30. The molecule has 0 bridgehead atoms. The molecule has 14 heteroatoms. The van der Waals surface area contributed by atoms with Crippen LogP contribution >= 0.6 is 25.3 Å². The second kappa shape index (κ2) is 12.3. The normalized spacial score (nSPS) is 13.2. The van der Waals surface area contributed by atoms with E-state index in [1.54, 1.807) is 22.8 Å². The van der Waals surface area contributed by atoms with Crippen LogP contribution in [-0.4, -0.2) is 52.3 Å². The quantitative estimate of drug-likeness (QED) is 0.119. The average molecular weight is 625 g/mol. The highest BCUT2D eigenvalue weighted by atomic mass is 32.1. The molecule has 0 fully saturated rings. The SMILES string of the molecule is CC(C)(S)C[Si]c1cccc(NC(=O)C(C(=O)Nc2cccc([Si](C)(C)CCS)c2)(C(F)(F)F)C(F)(F)F)c1. The zero-order chi connectivity index (χ0) is 29.9. The first-order chi connectivity index (χ1) is 17.7. The fourth-order valence-corrected chi connectivity index (χ4v) is 8.66. The van der Waals surface area contributed by atoms with Gasteiger partial charge in [0.15, 0.2) is 0 Å². The van der Waals surface area contributed by atoms with E-state index in [2.05, 4.69) is 25.3 Å². The number of hydrogen-bond donors (Lipinski definition) is 4. The van der Waals surface area contributed by atoms with Crippen molar-refractivity contribution < 1.29 is 35.9 Å². The Labute approximate surface area is 238 Å². The van der Waals surface area contributed by atoms with Crippen molar-refractivity contribution in [2.75, 3.05) is 16.4 Å². The number of thiol groups is 2. The zero-order valence-electron chi connectivity index (χ0n) is 21.7. The summed E-state index contributed by atoms with van der Waals surface area (Å²) >= 11 is 8.61. The Morgan fingerprint density at radius 3 is 1.82 bits per heavy atom. The molecule has 0 aliphatic carbocycles. The Hall–Kier alpha value is -1.91. The molecule has 2 amide bonds. The highest BCUT2D eigenvalue weighted by Gasteiger charge is 2.80. The number of amides is 2. The Morgan fingerprint density at radius 2 is 1.36 bits per heavy atom. The van der Waals surface area contributed by atoms with Crippen LogP contribution in [0.1, 0.15) is 13.8 Å². The van der Waals surface area contributed by atoms with Gasteiger partial charge in [-0.05, 0) is 42.1 Å². The number of carbonyl (C=O) groups excluding carboxylic acids is 2. The molecule has 0 atom stereocenters. The Balaban J connectivity index is 2.48. The van der Waals surface area contributed by atoms with Gasteiger partial charge in [-0.1, -0.05) is 61.6 Å². The molecular weight excluding hydrogens is 595 g/mol. The number of alkyl halides is 6. The number of nitrogens with one attached hydrogen (secondary N) is 2. The number of carbonyl (C=O) groups is 2. The van der Waals surface area contributed by atoms with Crippen LogP contribution in [0.25, 0.3) is 0 Å². The summed E-state index contributed by atoms with van der Waals surface area (Å²) in [6.07, 6.45) is -12.6. The molecule has 0 saturated heterocycles. The molecule has 2 rings (SSSR count). The van der Waals surface area contributed by atoms with Crippen LogP contribution in [0, 0.1) is 5.41 Å². The summed E-state index contributed by atoms with van der Waals surface area (Å²) in [5.74, 6) is -4.55. The van der Waals surface area contributed by atoms with Gasteiger partial charge < -0.3 is 10.6 Å². The van der Waals surface area contributed by atoms with Crippen molar-refractivity contribution in [3.63, 3.8) is 0 Å². The first kappa shape index (κ1) is 33.3. The smallest absolute Gasteiger partial charge is 0.325 e. The molecular formula is C25H30F6N2O2S2Si2. The van der Waals surface area contributed by atoms with Gasteiger partial charge in [0, 0.05) is 16.1 Å². The van der Waals surface area contributed by atoms with E-state index in [9.17, 15) is 35.9 Å². The van der Waals surface area contributed by atoms with E-state index >= 15 is 0 Å². The molecule has 39 heavy (non-hydrogen) atoms. The monoisotopic (exact) mass is 624 g/mol. The van der Waals surface area contributed by atoms with Crippen molar-refractivity contribution in [3.05, 3.63) is 48.5 Å². The molecule has 0 spiro atoms. The third kappa shape index (κ3) is 8.07. The van der Waals surface area contributed by atoms with Crippen molar-refractivity contribution in [2.45, 2.75) is 56.1 Å². The Kier molecular flexibility index (Phi) is 10.5. The summed E-state index contributed by atoms with van der Waals surface area (Å²) in [5.41, 5.74) is -5.94. The Morgan fingerprint density at radius 1 is 0.872 bits per heavy atom. The molecule has 0 aliphatic heterocycles. The fourth-order valence-electron chi connectivity index (χ4n) is 3.70. The number of anilines is 2. The van der Waals surface area contributed by atoms with E-state index in [4.69, 9.17) is 0 Å². The van der Waals surface area contributed by atoms with Gasteiger partial charge in [0.1, 0.15) is 0 Å². The van der Waals surface area contributed by atoms with Gasteiger partial charge in [-0.2, -0.15) is 51.6 Å². The predicted molar refractivity (Wildman–Crippen MR) is 154 cm³/mol. The van der Waals surface area contributed by atoms with Gasteiger partial charge in [0.2, 0.25) is 0 Å². The molecule has 2 N–H and O–H groups in total. The van der Waals surface area contributed by atoms with Crippen LogP contribution in [0.3, 0.4) is 0 Å². The lowest BCUT2D eigenvalue weighted by molar-refractivity contribution is -0.308. The van der Waals surface area contributed by atoms with Gasteiger partial charge in [0.25, 0.3) is 11.8 Å². The predicted octanol–water partition coefficient (Wildman–Crippen LogP) is 5.68. The van der Waals surface area contributed by atoms with Crippen molar-refractivity contribution in [3.8, 4) is 0 Å². The third-order valence-corrected chi connectivity index (χ3v) is 12.3. The van der Waals surface area contributed by atoms with Crippen molar-refractivity contribution in [1.29, 1.82) is 0 Å². The lowest BCUT2D eigenvalue weighted by Crippen LogP contribution is -2.64. The summed E-state index contributed by atoms with van der Waals surface area (Å²) in [6, 6.07) is 12.4. The molecule has 2 radical (unpaired) electrons. The molecule has 0 aliphatic rings. The first-order valence-corrected chi connectivity index (χ1v) is 17.3. The van der Waals surface area contributed by atoms with E-state index in [1.165, 1.54) is 30.3 Å². The maximum Gasteiger partial charge on any atom is 0.421 e. The van der Waals surface area contributed by atoms with Crippen LogP contribution in [0.15, 0.2) is 48.5 Å². The summed E-state index contributed by atoms with van der Waals surface area (Å²) < 4.78 is 85.0. The number of halogens is 6. The van der Waals surface area contributed by atoms with E-state index in [0.29, 0.717) is 28.2 Å².